The number of pyridine rings is 1. The topological polar surface area (TPSA) is 129 Å². The molecule has 3 aromatic heterocycles. The molecule has 3 heterocycles. The van der Waals surface area contributed by atoms with E-state index in [1.54, 1.807) is 24.5 Å². The van der Waals surface area contributed by atoms with Crippen molar-refractivity contribution in [3.8, 4) is 22.8 Å². The Hall–Kier alpha value is -4.17. The summed E-state index contributed by atoms with van der Waals surface area (Å²) in [6, 6.07) is 15.3. The number of nitroso groups, excluding NO2 is 1. The molecule has 0 aliphatic heterocycles. The maximum absolute atomic E-state index is 11.1. The van der Waals surface area contributed by atoms with Gasteiger partial charge in [0, 0.05) is 40.3 Å². The minimum atomic E-state index is -0.244. The number of ether oxygens (including phenoxy) is 1. The second-order valence-electron chi connectivity index (χ2n) is 7.72. The Morgan fingerprint density at radius 2 is 1.94 bits per heavy atom. The van der Waals surface area contributed by atoms with Crippen molar-refractivity contribution in [3.05, 3.63) is 77.6 Å². The summed E-state index contributed by atoms with van der Waals surface area (Å²) in [6.07, 6.45) is 6.03. The molecule has 0 saturated heterocycles. The summed E-state index contributed by atoms with van der Waals surface area (Å²) in [5.41, 5.74) is 10.8. The number of para-hydroxylation sites is 1. The average Bonchev–Trinajstić information content (AvgIpc) is 3.37. The van der Waals surface area contributed by atoms with Gasteiger partial charge in [0.05, 0.1) is 11.7 Å². The van der Waals surface area contributed by atoms with E-state index in [9.17, 15) is 10.0 Å². The van der Waals surface area contributed by atoms with E-state index >= 15 is 0 Å². The molecule has 8 heteroatoms. The fourth-order valence-corrected chi connectivity index (χ4v) is 3.94. The summed E-state index contributed by atoms with van der Waals surface area (Å²) in [5.74, 6) is 0.356. The number of hydrogen-bond donors (Lipinski definition) is 4. The van der Waals surface area contributed by atoms with Crippen molar-refractivity contribution in [2.45, 2.75) is 12.5 Å². The Labute approximate surface area is 183 Å². The van der Waals surface area contributed by atoms with Gasteiger partial charge in [-0.05, 0) is 47.0 Å². The standard InChI is InChI=1S/C24H21N5O3/c25-17(7-16-11-27-21-4-2-1-3-19(16)21)13-32-18-8-15(10-26-12-18)14-5-6-22-20(9-14)23(29-31)24(30)28-22/h1-6,8-12,17,27-28,30H,7,13,25H2/t17-/m0/s1. The molecule has 0 spiro atoms. The summed E-state index contributed by atoms with van der Waals surface area (Å²) in [4.78, 5) is 21.3. The number of nitrogens with zero attached hydrogens (tertiary/aromatic N) is 2. The molecular formula is C24H21N5O3. The highest BCUT2D eigenvalue weighted by molar-refractivity contribution is 5.97. The van der Waals surface area contributed by atoms with Crippen LogP contribution < -0.4 is 10.5 Å². The predicted molar refractivity (Wildman–Crippen MR) is 124 cm³/mol. The number of H-pyrrole nitrogens is 2. The molecular weight excluding hydrogens is 406 g/mol. The highest BCUT2D eigenvalue weighted by Gasteiger charge is 2.13. The highest BCUT2D eigenvalue weighted by atomic mass is 16.5. The Kier molecular flexibility index (Phi) is 5.04. The van der Waals surface area contributed by atoms with Gasteiger partial charge in [0.15, 0.2) is 5.69 Å². The van der Waals surface area contributed by atoms with Crippen molar-refractivity contribution in [1.82, 2.24) is 15.0 Å². The Bertz CT molecular complexity index is 1420. The third kappa shape index (κ3) is 3.67. The van der Waals surface area contributed by atoms with Crippen LogP contribution >= 0.6 is 0 Å². The van der Waals surface area contributed by atoms with Crippen molar-refractivity contribution in [2.24, 2.45) is 10.9 Å². The molecule has 2 aromatic carbocycles. The minimum absolute atomic E-state index is 0.00883. The van der Waals surface area contributed by atoms with Crippen LogP contribution in [0.15, 0.2) is 72.3 Å². The first-order valence-corrected chi connectivity index (χ1v) is 10.2. The molecule has 0 aliphatic carbocycles. The Balaban J connectivity index is 1.31. The number of fused-ring (bicyclic) bond motifs is 2. The average molecular weight is 427 g/mol. The smallest absolute Gasteiger partial charge is 0.219 e. The largest absolute Gasteiger partial charge is 0.493 e. The van der Waals surface area contributed by atoms with Crippen LogP contribution in [0.2, 0.25) is 0 Å². The zero-order chi connectivity index (χ0) is 22.1. The molecule has 0 amide bonds. The molecule has 0 fully saturated rings. The summed E-state index contributed by atoms with van der Waals surface area (Å²) in [7, 11) is 0. The van der Waals surface area contributed by atoms with E-state index in [0.717, 1.165) is 22.2 Å². The van der Waals surface area contributed by atoms with E-state index in [2.05, 4.69) is 26.2 Å². The van der Waals surface area contributed by atoms with Gasteiger partial charge in [-0.15, -0.1) is 4.91 Å². The van der Waals surface area contributed by atoms with E-state index in [1.165, 1.54) is 5.39 Å². The van der Waals surface area contributed by atoms with Crippen LogP contribution in [0.1, 0.15) is 5.56 Å². The maximum Gasteiger partial charge on any atom is 0.219 e. The van der Waals surface area contributed by atoms with E-state index in [1.807, 2.05) is 36.5 Å². The lowest BCUT2D eigenvalue weighted by atomic mass is 10.1. The number of aromatic hydroxyl groups is 1. The molecule has 5 rings (SSSR count). The quantitative estimate of drug-likeness (QED) is 0.278. The molecule has 32 heavy (non-hydrogen) atoms. The first-order valence-electron chi connectivity index (χ1n) is 10.2. The lowest BCUT2D eigenvalue weighted by molar-refractivity contribution is 0.287. The number of aromatic nitrogens is 3. The van der Waals surface area contributed by atoms with Crippen molar-refractivity contribution >= 4 is 27.5 Å². The monoisotopic (exact) mass is 427 g/mol. The molecule has 8 nitrogen and oxygen atoms in total. The highest BCUT2D eigenvalue weighted by Crippen LogP contribution is 2.37. The molecule has 0 bridgehead atoms. The fourth-order valence-electron chi connectivity index (χ4n) is 3.94. The summed E-state index contributed by atoms with van der Waals surface area (Å²) in [5, 5.41) is 14.4. The normalized spacial score (nSPS) is 12.3. The molecule has 5 aromatic rings. The Morgan fingerprint density at radius 1 is 1.06 bits per heavy atom. The van der Waals surface area contributed by atoms with Gasteiger partial charge in [-0.25, -0.2) is 0 Å². The lowest BCUT2D eigenvalue weighted by Crippen LogP contribution is -2.30. The van der Waals surface area contributed by atoms with Crippen molar-refractivity contribution < 1.29 is 9.84 Å². The minimum Gasteiger partial charge on any atom is -0.493 e. The van der Waals surface area contributed by atoms with Crippen LogP contribution in [0.3, 0.4) is 0 Å². The number of nitrogens with one attached hydrogen (secondary N) is 2. The van der Waals surface area contributed by atoms with Crippen molar-refractivity contribution in [1.29, 1.82) is 0 Å². The van der Waals surface area contributed by atoms with Crippen LogP contribution in [-0.4, -0.2) is 32.7 Å². The number of hydrogen-bond acceptors (Lipinski definition) is 6. The molecule has 0 aliphatic rings. The predicted octanol–water partition coefficient (Wildman–Crippen LogP) is 4.76. The molecule has 5 N–H and O–H groups in total. The molecule has 160 valence electrons. The van der Waals surface area contributed by atoms with E-state index < -0.39 is 0 Å². The zero-order valence-electron chi connectivity index (χ0n) is 17.1. The zero-order valence-corrected chi connectivity index (χ0v) is 17.1. The van der Waals surface area contributed by atoms with Gasteiger partial charge in [0.25, 0.3) is 0 Å². The number of nitrogens with two attached hydrogens (primary N) is 1. The number of benzene rings is 2. The van der Waals surface area contributed by atoms with Crippen LogP contribution in [0.5, 0.6) is 11.6 Å². The first-order chi connectivity index (χ1) is 15.6. The van der Waals surface area contributed by atoms with Crippen LogP contribution in [0.4, 0.5) is 5.69 Å². The second-order valence-corrected chi connectivity index (χ2v) is 7.72. The van der Waals surface area contributed by atoms with Crippen LogP contribution in [0, 0.1) is 4.91 Å². The van der Waals surface area contributed by atoms with E-state index in [4.69, 9.17) is 10.5 Å². The maximum atomic E-state index is 11.1. The van der Waals surface area contributed by atoms with Gasteiger partial charge in [-0.1, -0.05) is 24.3 Å². The number of aromatic amines is 2. The molecule has 1 atom stereocenters. The summed E-state index contributed by atoms with van der Waals surface area (Å²) in [6.45, 7) is 0.342. The summed E-state index contributed by atoms with van der Waals surface area (Å²) < 4.78 is 5.91. The SMILES string of the molecule is N[C@H](COc1cncc(-c2ccc3[nH]c(O)c(N=O)c3c2)c1)Cc1c[nH]c2ccccc12. The van der Waals surface area contributed by atoms with Crippen molar-refractivity contribution in [2.75, 3.05) is 6.61 Å². The van der Waals surface area contributed by atoms with Crippen molar-refractivity contribution in [3.63, 3.8) is 0 Å². The Morgan fingerprint density at radius 3 is 2.81 bits per heavy atom. The van der Waals surface area contributed by atoms with Gasteiger partial charge in [-0.3, -0.25) is 4.98 Å². The van der Waals surface area contributed by atoms with Crippen LogP contribution in [-0.2, 0) is 6.42 Å². The molecule has 0 saturated carbocycles. The first kappa shape index (κ1) is 19.8. The van der Waals surface area contributed by atoms with Gasteiger partial charge in [-0.2, -0.15) is 0 Å². The van der Waals surface area contributed by atoms with Gasteiger partial charge >= 0.3 is 0 Å². The second kappa shape index (κ2) is 8.16. The summed E-state index contributed by atoms with van der Waals surface area (Å²) >= 11 is 0. The van der Waals surface area contributed by atoms with Gasteiger partial charge in [0.2, 0.25) is 5.88 Å². The van der Waals surface area contributed by atoms with Crippen LogP contribution in [0.25, 0.3) is 32.9 Å². The number of rotatable bonds is 7. The van der Waals surface area contributed by atoms with Gasteiger partial charge in [0.1, 0.15) is 12.4 Å². The molecule has 0 radical (unpaired) electrons. The third-order valence-corrected chi connectivity index (χ3v) is 5.51. The molecule has 0 unspecified atom stereocenters. The van der Waals surface area contributed by atoms with E-state index in [-0.39, 0.29) is 17.6 Å². The third-order valence-electron chi connectivity index (χ3n) is 5.51. The lowest BCUT2D eigenvalue weighted by Gasteiger charge is -2.13. The van der Waals surface area contributed by atoms with Gasteiger partial charge < -0.3 is 25.5 Å². The fraction of sp³-hybridized carbons (Fsp3) is 0.125. The van der Waals surface area contributed by atoms with E-state index in [0.29, 0.717) is 29.7 Å².